The van der Waals surface area contributed by atoms with Crippen LogP contribution in [0.1, 0.15) is 22.3 Å². The van der Waals surface area contributed by atoms with Crippen molar-refractivity contribution in [1.29, 1.82) is 0 Å². The molecule has 0 aromatic heterocycles. The molecule has 25 heavy (non-hydrogen) atoms. The third-order valence-electron chi connectivity index (χ3n) is 5.34. The fourth-order valence-corrected chi connectivity index (χ4v) is 4.08. The molecule has 5 heteroatoms. The molecule has 1 unspecified atom stereocenters. The van der Waals surface area contributed by atoms with E-state index in [1.54, 1.807) is 14.2 Å². The Morgan fingerprint density at radius 1 is 1.04 bits per heavy atom. The number of ether oxygens (including phenoxy) is 4. The summed E-state index contributed by atoms with van der Waals surface area (Å²) in [5, 5.41) is 0. The Bertz CT molecular complexity index is 903. The fourth-order valence-electron chi connectivity index (χ4n) is 4.08. The molecule has 0 spiro atoms. The van der Waals surface area contributed by atoms with Crippen molar-refractivity contribution < 1.29 is 23.8 Å². The summed E-state index contributed by atoms with van der Waals surface area (Å²) in [5.41, 5.74) is 6.34. The van der Waals surface area contributed by atoms with Gasteiger partial charge in [-0.3, -0.25) is 4.90 Å². The third-order valence-corrected chi connectivity index (χ3v) is 5.34. The summed E-state index contributed by atoms with van der Waals surface area (Å²) in [6, 6.07) is 8.35. The lowest BCUT2D eigenvalue weighted by molar-refractivity contribution is -0.841. The number of hydrogen-bond acceptors (Lipinski definition) is 4. The summed E-state index contributed by atoms with van der Waals surface area (Å²) in [4.78, 5) is 1.45. The number of methoxy groups -OCH3 is 2. The van der Waals surface area contributed by atoms with Crippen LogP contribution < -0.4 is 23.8 Å². The van der Waals surface area contributed by atoms with Crippen LogP contribution in [0.4, 0.5) is 0 Å². The lowest BCUT2D eigenvalue weighted by Crippen LogP contribution is -3.09. The van der Waals surface area contributed by atoms with Gasteiger partial charge in [0.05, 0.1) is 26.3 Å². The second-order valence-electron chi connectivity index (χ2n) is 6.57. The zero-order chi connectivity index (χ0) is 17.0. The highest BCUT2D eigenvalue weighted by molar-refractivity contribution is 5.83. The number of rotatable bonds is 2. The first kappa shape index (κ1) is 14.7. The molecule has 0 fully saturated rings. The van der Waals surface area contributed by atoms with E-state index in [0.29, 0.717) is 6.79 Å². The van der Waals surface area contributed by atoms with Crippen molar-refractivity contribution in [1.82, 2.24) is 0 Å². The molecule has 3 aliphatic heterocycles. The Labute approximate surface area is 146 Å². The molecule has 2 aromatic carbocycles. The molecular formula is C20H20NO4+. The monoisotopic (exact) mass is 338 g/mol. The molecule has 3 heterocycles. The fraction of sp³-hybridized carbons (Fsp3) is 0.300. The Kier molecular flexibility index (Phi) is 3.18. The van der Waals surface area contributed by atoms with E-state index in [2.05, 4.69) is 24.3 Å². The van der Waals surface area contributed by atoms with Crippen LogP contribution in [0.15, 0.2) is 24.3 Å². The van der Waals surface area contributed by atoms with E-state index in [9.17, 15) is 0 Å². The average molecular weight is 338 g/mol. The van der Waals surface area contributed by atoms with Crippen LogP contribution in [-0.2, 0) is 13.0 Å². The van der Waals surface area contributed by atoms with Crippen molar-refractivity contribution in [2.24, 2.45) is 0 Å². The third kappa shape index (κ3) is 2.12. The number of hydrogen-bond donors (Lipinski definition) is 1. The van der Waals surface area contributed by atoms with E-state index in [1.807, 2.05) is 6.07 Å². The van der Waals surface area contributed by atoms with Gasteiger partial charge >= 0.3 is 0 Å². The van der Waals surface area contributed by atoms with Crippen LogP contribution >= 0.6 is 0 Å². The maximum Gasteiger partial charge on any atom is 0.231 e. The molecule has 1 atom stereocenters. The van der Waals surface area contributed by atoms with Gasteiger partial charge in [-0.05, 0) is 29.3 Å². The van der Waals surface area contributed by atoms with Gasteiger partial charge in [-0.1, -0.05) is 6.07 Å². The highest BCUT2D eigenvalue weighted by Gasteiger charge is 2.34. The van der Waals surface area contributed by atoms with Gasteiger partial charge in [0.25, 0.3) is 0 Å². The first-order chi connectivity index (χ1) is 12.3. The predicted octanol–water partition coefficient (Wildman–Crippen LogP) is 1.89. The van der Waals surface area contributed by atoms with Gasteiger partial charge in [-0.2, -0.15) is 0 Å². The molecule has 0 saturated heterocycles. The molecule has 0 radical (unpaired) electrons. The van der Waals surface area contributed by atoms with Crippen LogP contribution in [0, 0.1) is 0 Å². The topological polar surface area (TPSA) is 41.4 Å². The van der Waals surface area contributed by atoms with E-state index in [-0.39, 0.29) is 0 Å². The van der Waals surface area contributed by atoms with Gasteiger partial charge in [-0.15, -0.1) is 0 Å². The maximum atomic E-state index is 5.71. The van der Waals surface area contributed by atoms with Gasteiger partial charge in [0.15, 0.2) is 23.0 Å². The van der Waals surface area contributed by atoms with Crippen molar-refractivity contribution in [2.45, 2.75) is 13.0 Å². The molecule has 0 bridgehead atoms. The molecule has 0 saturated carbocycles. The highest BCUT2D eigenvalue weighted by Crippen LogP contribution is 2.41. The molecule has 128 valence electrons. The van der Waals surface area contributed by atoms with Gasteiger partial charge in [0, 0.05) is 18.1 Å². The second kappa shape index (κ2) is 5.43. The Morgan fingerprint density at radius 2 is 1.88 bits per heavy atom. The normalized spacial score (nSPS) is 19.4. The summed E-state index contributed by atoms with van der Waals surface area (Å²) in [5.74, 6) is 3.35. The molecule has 0 aliphatic carbocycles. The summed E-state index contributed by atoms with van der Waals surface area (Å²) >= 11 is 0. The summed E-state index contributed by atoms with van der Waals surface area (Å²) < 4.78 is 22.2. The second-order valence-corrected chi connectivity index (χ2v) is 6.57. The Morgan fingerprint density at radius 3 is 2.72 bits per heavy atom. The van der Waals surface area contributed by atoms with E-state index in [1.165, 1.54) is 32.9 Å². The van der Waals surface area contributed by atoms with Crippen molar-refractivity contribution in [3.05, 3.63) is 46.5 Å². The first-order valence-electron chi connectivity index (χ1n) is 8.52. The minimum absolute atomic E-state index is 0.317. The molecule has 0 amide bonds. The van der Waals surface area contributed by atoms with Crippen LogP contribution in [0.25, 0.3) is 11.8 Å². The summed E-state index contributed by atoms with van der Waals surface area (Å²) in [6.45, 7) is 2.29. The van der Waals surface area contributed by atoms with Crippen LogP contribution in [-0.4, -0.2) is 27.6 Å². The average Bonchev–Trinajstić information content (AvgIpc) is 3.14. The molecule has 1 N–H and O–H groups in total. The quantitative estimate of drug-likeness (QED) is 0.908. The summed E-state index contributed by atoms with van der Waals surface area (Å²) in [6.07, 6.45) is 3.30. The maximum absolute atomic E-state index is 5.71. The number of quaternary nitrogens is 1. The zero-order valence-corrected chi connectivity index (χ0v) is 14.3. The number of benzene rings is 2. The molecular weight excluding hydrogens is 318 g/mol. The van der Waals surface area contributed by atoms with E-state index in [4.69, 9.17) is 18.9 Å². The SMILES string of the molecule is COc1cc2c(cc1OC)C1=Cc3ccc4c(c3C[NH+]1CC2)OCO4. The smallest absolute Gasteiger partial charge is 0.231 e. The minimum Gasteiger partial charge on any atom is -0.493 e. The van der Waals surface area contributed by atoms with Crippen molar-refractivity contribution in [3.63, 3.8) is 0 Å². The standard InChI is InChI=1S/C20H19NO4/c1-22-18-8-13-5-6-21-10-15-12(3-4-17-20(15)25-11-24-17)7-16(21)14(13)9-19(18)23-2/h3-4,7-9H,5-6,10-11H2,1-2H3/p+1. The largest absolute Gasteiger partial charge is 0.493 e. The lowest BCUT2D eigenvalue weighted by atomic mass is 9.90. The predicted molar refractivity (Wildman–Crippen MR) is 93.2 cm³/mol. The first-order valence-corrected chi connectivity index (χ1v) is 8.52. The molecule has 5 rings (SSSR count). The van der Waals surface area contributed by atoms with Crippen LogP contribution in [0.5, 0.6) is 23.0 Å². The summed E-state index contributed by atoms with van der Waals surface area (Å²) in [7, 11) is 3.37. The van der Waals surface area contributed by atoms with Gasteiger partial charge in [-0.25, -0.2) is 0 Å². The van der Waals surface area contributed by atoms with Gasteiger partial charge in [0.2, 0.25) is 6.79 Å². The van der Waals surface area contributed by atoms with E-state index >= 15 is 0 Å². The molecule has 3 aliphatic rings. The van der Waals surface area contributed by atoms with Gasteiger partial charge in [0.1, 0.15) is 12.2 Å². The lowest BCUT2D eigenvalue weighted by Gasteiger charge is -2.32. The number of fused-ring (bicyclic) bond motifs is 6. The van der Waals surface area contributed by atoms with Crippen LogP contribution in [0.2, 0.25) is 0 Å². The number of nitrogens with one attached hydrogen (secondary N) is 1. The van der Waals surface area contributed by atoms with Crippen molar-refractivity contribution in [2.75, 3.05) is 27.6 Å². The Hall–Kier alpha value is -2.66. The van der Waals surface area contributed by atoms with E-state index in [0.717, 1.165) is 42.5 Å². The van der Waals surface area contributed by atoms with E-state index < -0.39 is 0 Å². The Balaban J connectivity index is 1.66. The zero-order valence-electron chi connectivity index (χ0n) is 14.3. The molecule has 5 nitrogen and oxygen atoms in total. The van der Waals surface area contributed by atoms with Crippen molar-refractivity contribution >= 4 is 11.8 Å². The molecule has 2 aromatic rings. The van der Waals surface area contributed by atoms with Crippen LogP contribution in [0.3, 0.4) is 0 Å². The van der Waals surface area contributed by atoms with Crippen molar-refractivity contribution in [3.8, 4) is 23.0 Å². The minimum atomic E-state index is 0.317. The van der Waals surface area contributed by atoms with Gasteiger partial charge < -0.3 is 18.9 Å². The highest BCUT2D eigenvalue weighted by atomic mass is 16.7.